The van der Waals surface area contributed by atoms with Gasteiger partial charge in [-0.3, -0.25) is 14.9 Å². The molecule has 2 unspecified atom stereocenters. The Morgan fingerprint density at radius 2 is 1.94 bits per heavy atom. The van der Waals surface area contributed by atoms with Crippen LogP contribution in [0.5, 0.6) is 0 Å². The number of rotatable bonds is 5. The van der Waals surface area contributed by atoms with Crippen LogP contribution in [-0.2, 0) is 24.1 Å². The summed E-state index contributed by atoms with van der Waals surface area (Å²) in [6.07, 6.45) is 0.995. The first kappa shape index (κ1) is 23.1. The number of nitrogens with one attached hydrogen (secondary N) is 1. The maximum absolute atomic E-state index is 12.3. The lowest BCUT2D eigenvalue weighted by atomic mass is 10.0. The summed E-state index contributed by atoms with van der Waals surface area (Å²) in [6.45, 7) is 2.73. The summed E-state index contributed by atoms with van der Waals surface area (Å²) >= 11 is 0. The van der Waals surface area contributed by atoms with Crippen molar-refractivity contribution < 1.29 is 32.7 Å². The number of anilines is 1. The third-order valence-corrected chi connectivity index (χ3v) is 7.70. The Balaban J connectivity index is 1.68. The molecular weight excluding hydrogens is 424 g/mol. The molecule has 3 rings (SSSR count). The van der Waals surface area contributed by atoms with E-state index >= 15 is 0 Å². The quantitative estimate of drug-likeness (QED) is 0.396. The van der Waals surface area contributed by atoms with Gasteiger partial charge < -0.3 is 9.47 Å². The lowest BCUT2D eigenvalue weighted by Gasteiger charge is -2.26. The molecule has 9 nitrogen and oxygen atoms in total. The van der Waals surface area contributed by atoms with Gasteiger partial charge >= 0.3 is 6.09 Å². The number of hydrogen-bond donors (Lipinski definition) is 2. The smallest absolute Gasteiger partial charge is 0.414 e. The molecule has 2 saturated heterocycles. The highest BCUT2D eigenvalue weighted by Crippen LogP contribution is 2.30. The molecule has 2 aliphatic heterocycles. The van der Waals surface area contributed by atoms with E-state index in [1.165, 1.54) is 17.3 Å². The minimum atomic E-state index is -3.89. The van der Waals surface area contributed by atoms with E-state index in [0.717, 1.165) is 37.9 Å². The second kappa shape index (κ2) is 9.26. The molecule has 0 radical (unpaired) electrons. The Hall–Kier alpha value is -2.61. The van der Waals surface area contributed by atoms with Crippen molar-refractivity contribution in [2.45, 2.75) is 37.0 Å². The van der Waals surface area contributed by atoms with Crippen LogP contribution < -0.4 is 10.4 Å². The SMILES string of the molecule is CC(CC1CN(c2ccc(C#CC3CCOCC3)cc2)C(=O)O1)(C(=O)NO)S(C)(=O)=O. The predicted octanol–water partition coefficient (Wildman–Crippen LogP) is 1.49. The lowest BCUT2D eigenvalue weighted by molar-refractivity contribution is -0.132. The first-order chi connectivity index (χ1) is 14.6. The first-order valence-corrected chi connectivity index (χ1v) is 11.8. The number of sulfone groups is 1. The van der Waals surface area contributed by atoms with Crippen LogP contribution in [0.1, 0.15) is 31.7 Å². The van der Waals surface area contributed by atoms with E-state index in [1.807, 2.05) is 12.1 Å². The molecule has 0 bridgehead atoms. The van der Waals surface area contributed by atoms with Gasteiger partial charge in [-0.15, -0.1) is 0 Å². The van der Waals surface area contributed by atoms with Gasteiger partial charge in [0, 0.05) is 43.1 Å². The van der Waals surface area contributed by atoms with Gasteiger partial charge in [-0.25, -0.2) is 18.7 Å². The van der Waals surface area contributed by atoms with Gasteiger partial charge in [0.2, 0.25) is 0 Å². The molecule has 168 valence electrons. The van der Waals surface area contributed by atoms with E-state index < -0.39 is 32.7 Å². The van der Waals surface area contributed by atoms with Gasteiger partial charge in [0.05, 0.1) is 6.54 Å². The summed E-state index contributed by atoms with van der Waals surface area (Å²) in [6, 6.07) is 7.10. The van der Waals surface area contributed by atoms with Gasteiger partial charge in [0.1, 0.15) is 6.10 Å². The van der Waals surface area contributed by atoms with Crippen molar-refractivity contribution in [3.05, 3.63) is 29.8 Å². The standard InChI is InChI=1S/C21H26N2O7S/c1-21(19(24)22-26,31(2,27)28)13-18-14-23(20(25)30-18)17-7-5-15(6-8-17)3-4-16-9-11-29-12-10-16/h5-8,16,18,26H,9-14H2,1-2H3,(H,22,24). The van der Waals surface area contributed by atoms with Crippen molar-refractivity contribution in [1.82, 2.24) is 5.48 Å². The van der Waals surface area contributed by atoms with Gasteiger partial charge in [0.15, 0.2) is 14.6 Å². The Morgan fingerprint density at radius 3 is 2.52 bits per heavy atom. The van der Waals surface area contributed by atoms with Gasteiger partial charge in [-0.2, -0.15) is 0 Å². The highest BCUT2D eigenvalue weighted by atomic mass is 32.2. The molecule has 0 aromatic heterocycles. The van der Waals surface area contributed by atoms with Crippen LogP contribution in [0, 0.1) is 17.8 Å². The maximum atomic E-state index is 12.3. The third kappa shape index (κ3) is 5.18. The molecule has 1 aromatic rings. The predicted molar refractivity (Wildman–Crippen MR) is 112 cm³/mol. The third-order valence-electron chi connectivity index (χ3n) is 5.71. The summed E-state index contributed by atoms with van der Waals surface area (Å²) in [5.74, 6) is 5.64. The average molecular weight is 451 g/mol. The van der Waals surface area contributed by atoms with E-state index in [1.54, 1.807) is 12.1 Å². The van der Waals surface area contributed by atoms with Crippen molar-refractivity contribution in [1.29, 1.82) is 0 Å². The minimum Gasteiger partial charge on any atom is -0.444 e. The largest absolute Gasteiger partial charge is 0.444 e. The Kier molecular flexibility index (Phi) is 6.89. The number of cyclic esters (lactones) is 1. The molecule has 2 atom stereocenters. The molecule has 2 amide bonds. The number of benzene rings is 1. The van der Waals surface area contributed by atoms with Crippen LogP contribution in [0.25, 0.3) is 0 Å². The van der Waals surface area contributed by atoms with E-state index in [4.69, 9.17) is 14.7 Å². The second-order valence-electron chi connectivity index (χ2n) is 7.97. The fraction of sp³-hybridized carbons (Fsp3) is 0.524. The molecule has 31 heavy (non-hydrogen) atoms. The average Bonchev–Trinajstić information content (AvgIpc) is 3.11. The summed E-state index contributed by atoms with van der Waals surface area (Å²) in [7, 11) is -3.89. The number of nitrogens with zero attached hydrogens (tertiary/aromatic N) is 1. The molecule has 10 heteroatoms. The van der Waals surface area contributed by atoms with E-state index in [0.29, 0.717) is 11.6 Å². The van der Waals surface area contributed by atoms with Crippen molar-refractivity contribution in [2.24, 2.45) is 5.92 Å². The molecule has 2 aliphatic rings. The van der Waals surface area contributed by atoms with E-state index in [-0.39, 0.29) is 13.0 Å². The summed E-state index contributed by atoms with van der Waals surface area (Å²) in [5, 5.41) is 8.94. The number of hydrogen-bond acceptors (Lipinski definition) is 7. The van der Waals surface area contributed by atoms with Crippen LogP contribution in [0.4, 0.5) is 10.5 Å². The van der Waals surface area contributed by atoms with Gasteiger partial charge in [0.25, 0.3) is 5.91 Å². The Morgan fingerprint density at radius 1 is 1.29 bits per heavy atom. The number of hydroxylamine groups is 1. The molecular formula is C21H26N2O7S. The lowest BCUT2D eigenvalue weighted by Crippen LogP contribution is -2.51. The number of carbonyl (C=O) groups excluding carboxylic acids is 2. The zero-order valence-corrected chi connectivity index (χ0v) is 18.3. The molecule has 0 aliphatic carbocycles. The van der Waals surface area contributed by atoms with E-state index in [9.17, 15) is 18.0 Å². The normalized spacial score (nSPS) is 21.6. The molecule has 2 heterocycles. The van der Waals surface area contributed by atoms with E-state index in [2.05, 4.69) is 11.8 Å². The zero-order chi connectivity index (χ0) is 22.6. The fourth-order valence-electron chi connectivity index (χ4n) is 3.56. The summed E-state index contributed by atoms with van der Waals surface area (Å²) in [5.41, 5.74) is 2.79. The topological polar surface area (TPSA) is 122 Å². The van der Waals surface area contributed by atoms with Crippen LogP contribution >= 0.6 is 0 Å². The molecule has 2 N–H and O–H groups in total. The maximum Gasteiger partial charge on any atom is 0.414 e. The van der Waals surface area contributed by atoms with Crippen molar-refractivity contribution >= 4 is 27.5 Å². The first-order valence-electron chi connectivity index (χ1n) is 9.95. The Labute approximate surface area is 181 Å². The van der Waals surface area contributed by atoms with Gasteiger partial charge in [-0.05, 0) is 44.0 Å². The van der Waals surface area contributed by atoms with Crippen molar-refractivity contribution in [2.75, 3.05) is 30.9 Å². The van der Waals surface area contributed by atoms with Crippen LogP contribution in [0.15, 0.2) is 24.3 Å². The molecule has 0 saturated carbocycles. The van der Waals surface area contributed by atoms with Gasteiger partial charge in [-0.1, -0.05) is 11.8 Å². The monoisotopic (exact) mass is 450 g/mol. The van der Waals surface area contributed by atoms with Crippen LogP contribution in [0.2, 0.25) is 0 Å². The summed E-state index contributed by atoms with van der Waals surface area (Å²) in [4.78, 5) is 25.7. The number of amides is 2. The minimum absolute atomic E-state index is 0.0791. The van der Waals surface area contributed by atoms with Crippen molar-refractivity contribution in [3.8, 4) is 11.8 Å². The number of carbonyl (C=O) groups is 2. The fourth-order valence-corrected chi connectivity index (χ4v) is 4.43. The molecule has 0 spiro atoms. The highest BCUT2D eigenvalue weighted by Gasteiger charge is 2.48. The van der Waals surface area contributed by atoms with Crippen LogP contribution in [0.3, 0.4) is 0 Å². The highest BCUT2D eigenvalue weighted by molar-refractivity contribution is 7.92. The summed E-state index contributed by atoms with van der Waals surface area (Å²) < 4.78 is 33.0. The second-order valence-corrected chi connectivity index (χ2v) is 10.4. The zero-order valence-electron chi connectivity index (χ0n) is 17.5. The number of ether oxygens (including phenoxy) is 2. The molecule has 1 aromatic carbocycles. The Bertz CT molecular complexity index is 991. The van der Waals surface area contributed by atoms with Crippen molar-refractivity contribution in [3.63, 3.8) is 0 Å². The van der Waals surface area contributed by atoms with Crippen LogP contribution in [-0.4, -0.2) is 62.5 Å². The molecule has 2 fully saturated rings.